The minimum atomic E-state index is -0.0636. The van der Waals surface area contributed by atoms with Gasteiger partial charge in [-0.1, -0.05) is 0 Å². The molecule has 24 heavy (non-hydrogen) atoms. The molecule has 0 N–H and O–H groups in total. The zero-order valence-corrected chi connectivity index (χ0v) is 14.3. The van der Waals surface area contributed by atoms with Gasteiger partial charge in [0, 0.05) is 19.0 Å². The standard InChI is InChI=1S/C16H17N5O2S/c1-10-5-6-13(23-10)15-18-11(8-24-15)16(22)21-7-3-4-12(21)14-19-17-9-20(14)2/h5-6,8-9,12H,3-4,7H2,1-2H3. The minimum absolute atomic E-state index is 0.0407. The molecule has 1 aliphatic rings. The number of hydrogen-bond acceptors (Lipinski definition) is 6. The van der Waals surface area contributed by atoms with Gasteiger partial charge in [0.25, 0.3) is 5.91 Å². The highest BCUT2D eigenvalue weighted by atomic mass is 32.1. The number of thiazole rings is 1. The van der Waals surface area contributed by atoms with Gasteiger partial charge in [-0.2, -0.15) is 0 Å². The molecule has 124 valence electrons. The van der Waals surface area contributed by atoms with E-state index in [2.05, 4.69) is 15.2 Å². The van der Waals surface area contributed by atoms with Crippen molar-refractivity contribution < 1.29 is 9.21 Å². The minimum Gasteiger partial charge on any atom is -0.459 e. The van der Waals surface area contributed by atoms with E-state index in [1.165, 1.54) is 11.3 Å². The summed E-state index contributed by atoms with van der Waals surface area (Å²) in [6.45, 7) is 2.60. The van der Waals surface area contributed by atoms with Gasteiger partial charge in [0.15, 0.2) is 16.6 Å². The molecule has 8 heteroatoms. The topological polar surface area (TPSA) is 77.1 Å². The third kappa shape index (κ3) is 2.52. The summed E-state index contributed by atoms with van der Waals surface area (Å²) >= 11 is 1.42. The molecule has 7 nitrogen and oxygen atoms in total. The highest BCUT2D eigenvalue weighted by molar-refractivity contribution is 7.13. The molecule has 1 aliphatic heterocycles. The third-order valence-electron chi connectivity index (χ3n) is 4.23. The lowest BCUT2D eigenvalue weighted by Gasteiger charge is -2.22. The predicted molar refractivity (Wildman–Crippen MR) is 88.6 cm³/mol. The number of rotatable bonds is 3. The molecule has 4 rings (SSSR count). The molecule has 1 unspecified atom stereocenters. The summed E-state index contributed by atoms with van der Waals surface area (Å²) in [7, 11) is 1.90. The molecule has 0 bridgehead atoms. The molecule has 1 amide bonds. The molecular formula is C16H17N5O2S. The van der Waals surface area contributed by atoms with Crippen LogP contribution in [-0.4, -0.2) is 37.1 Å². The van der Waals surface area contributed by atoms with Crippen molar-refractivity contribution in [3.05, 3.63) is 41.1 Å². The lowest BCUT2D eigenvalue weighted by atomic mass is 10.2. The van der Waals surface area contributed by atoms with E-state index >= 15 is 0 Å². The Kier molecular flexibility index (Phi) is 3.68. The molecule has 0 aliphatic carbocycles. The molecular weight excluding hydrogens is 326 g/mol. The Morgan fingerprint density at radius 2 is 2.29 bits per heavy atom. The number of carbonyl (C=O) groups excluding carboxylic acids is 1. The van der Waals surface area contributed by atoms with Crippen LogP contribution in [0.3, 0.4) is 0 Å². The van der Waals surface area contributed by atoms with Gasteiger partial charge in [0.1, 0.15) is 17.8 Å². The molecule has 1 saturated heterocycles. The average Bonchev–Trinajstić information content (AvgIpc) is 3.33. The number of likely N-dealkylation sites (tertiary alicyclic amines) is 1. The van der Waals surface area contributed by atoms with E-state index in [1.807, 2.05) is 35.6 Å². The van der Waals surface area contributed by atoms with Gasteiger partial charge in [-0.05, 0) is 31.9 Å². The maximum atomic E-state index is 12.9. The van der Waals surface area contributed by atoms with Crippen molar-refractivity contribution in [2.45, 2.75) is 25.8 Å². The van der Waals surface area contributed by atoms with E-state index < -0.39 is 0 Å². The van der Waals surface area contributed by atoms with Gasteiger partial charge in [0.2, 0.25) is 0 Å². The first-order chi connectivity index (χ1) is 11.6. The summed E-state index contributed by atoms with van der Waals surface area (Å²) in [5.41, 5.74) is 0.457. The maximum absolute atomic E-state index is 12.9. The summed E-state index contributed by atoms with van der Waals surface area (Å²) in [5.74, 6) is 2.28. The third-order valence-corrected chi connectivity index (χ3v) is 5.09. The van der Waals surface area contributed by atoms with Crippen molar-refractivity contribution in [3.63, 3.8) is 0 Å². The average molecular weight is 343 g/mol. The maximum Gasteiger partial charge on any atom is 0.273 e. The number of hydrogen-bond donors (Lipinski definition) is 0. The number of carbonyl (C=O) groups is 1. The quantitative estimate of drug-likeness (QED) is 0.731. The van der Waals surface area contributed by atoms with Crippen molar-refractivity contribution in [1.82, 2.24) is 24.6 Å². The lowest BCUT2D eigenvalue weighted by Crippen LogP contribution is -2.32. The van der Waals surface area contributed by atoms with Gasteiger partial charge in [-0.3, -0.25) is 4.79 Å². The first kappa shape index (κ1) is 15.1. The fraction of sp³-hybridized carbons (Fsp3) is 0.375. The van der Waals surface area contributed by atoms with Crippen LogP contribution in [0.4, 0.5) is 0 Å². The van der Waals surface area contributed by atoms with Gasteiger partial charge in [0.05, 0.1) is 6.04 Å². The second-order valence-corrected chi connectivity index (χ2v) is 6.76. The Bertz CT molecular complexity index is 881. The Morgan fingerprint density at radius 1 is 1.42 bits per heavy atom. The molecule has 0 saturated carbocycles. The predicted octanol–water partition coefficient (Wildman–Crippen LogP) is 2.82. The van der Waals surface area contributed by atoms with Crippen molar-refractivity contribution in [2.24, 2.45) is 7.05 Å². The van der Waals surface area contributed by atoms with Crippen molar-refractivity contribution in [3.8, 4) is 10.8 Å². The fourth-order valence-corrected chi connectivity index (χ4v) is 3.81. The van der Waals surface area contributed by atoms with Crippen molar-refractivity contribution >= 4 is 17.2 Å². The van der Waals surface area contributed by atoms with Crippen LogP contribution in [0.2, 0.25) is 0 Å². The van der Waals surface area contributed by atoms with E-state index in [1.54, 1.807) is 11.7 Å². The largest absolute Gasteiger partial charge is 0.459 e. The summed E-state index contributed by atoms with van der Waals surface area (Å²) in [5, 5.41) is 10.6. The Labute approximate surface area is 142 Å². The van der Waals surface area contributed by atoms with Crippen molar-refractivity contribution in [2.75, 3.05) is 6.54 Å². The van der Waals surface area contributed by atoms with Crippen molar-refractivity contribution in [1.29, 1.82) is 0 Å². The molecule has 1 fully saturated rings. The van der Waals surface area contributed by atoms with Crippen LogP contribution in [0.5, 0.6) is 0 Å². The monoisotopic (exact) mass is 343 g/mol. The van der Waals surface area contributed by atoms with Crippen LogP contribution in [0.25, 0.3) is 10.8 Å². The van der Waals surface area contributed by atoms with Crippen LogP contribution in [-0.2, 0) is 7.05 Å². The highest BCUT2D eigenvalue weighted by Crippen LogP contribution is 2.33. The van der Waals surface area contributed by atoms with E-state index in [0.717, 1.165) is 29.4 Å². The second kappa shape index (κ2) is 5.86. The SMILES string of the molecule is Cc1ccc(-c2nc(C(=O)N3CCCC3c3nncn3C)cs2)o1. The number of aryl methyl sites for hydroxylation is 2. The van der Waals surface area contributed by atoms with Crippen LogP contribution >= 0.6 is 11.3 Å². The van der Waals surface area contributed by atoms with E-state index in [9.17, 15) is 4.79 Å². The molecule has 0 aromatic carbocycles. The molecule has 0 spiro atoms. The van der Waals surface area contributed by atoms with Gasteiger partial charge < -0.3 is 13.9 Å². The second-order valence-electron chi connectivity index (χ2n) is 5.90. The van der Waals surface area contributed by atoms with Gasteiger partial charge in [-0.15, -0.1) is 21.5 Å². The fourth-order valence-electron chi connectivity index (χ4n) is 3.05. The Hall–Kier alpha value is -2.48. The molecule has 4 heterocycles. The van der Waals surface area contributed by atoms with Crippen LogP contribution in [0, 0.1) is 6.92 Å². The summed E-state index contributed by atoms with van der Waals surface area (Å²) in [6.07, 6.45) is 3.51. The zero-order valence-electron chi connectivity index (χ0n) is 13.5. The zero-order chi connectivity index (χ0) is 16.7. The summed E-state index contributed by atoms with van der Waals surface area (Å²) in [4.78, 5) is 19.2. The first-order valence-electron chi connectivity index (χ1n) is 7.80. The number of nitrogens with zero attached hydrogens (tertiary/aromatic N) is 5. The lowest BCUT2D eigenvalue weighted by molar-refractivity contribution is 0.0723. The van der Waals surface area contributed by atoms with Crippen LogP contribution in [0.15, 0.2) is 28.3 Å². The van der Waals surface area contributed by atoms with E-state index in [4.69, 9.17) is 4.42 Å². The van der Waals surface area contributed by atoms with Gasteiger partial charge >= 0.3 is 0 Å². The van der Waals surface area contributed by atoms with Crippen LogP contribution < -0.4 is 0 Å². The molecule has 3 aromatic heterocycles. The van der Waals surface area contributed by atoms with E-state index in [0.29, 0.717) is 18.0 Å². The summed E-state index contributed by atoms with van der Waals surface area (Å²) < 4.78 is 7.45. The number of aromatic nitrogens is 4. The Morgan fingerprint density at radius 3 is 3.00 bits per heavy atom. The smallest absolute Gasteiger partial charge is 0.273 e. The molecule has 1 atom stereocenters. The Balaban J connectivity index is 1.59. The van der Waals surface area contributed by atoms with E-state index in [-0.39, 0.29) is 11.9 Å². The first-order valence-corrected chi connectivity index (χ1v) is 8.68. The molecule has 0 radical (unpaired) electrons. The van der Waals surface area contributed by atoms with Crippen LogP contribution in [0.1, 0.15) is 41.0 Å². The summed E-state index contributed by atoms with van der Waals surface area (Å²) in [6, 6.07) is 3.73. The number of amides is 1. The number of furan rings is 1. The normalized spacial score (nSPS) is 17.6. The molecule has 3 aromatic rings. The van der Waals surface area contributed by atoms with Gasteiger partial charge in [-0.25, -0.2) is 4.98 Å². The highest BCUT2D eigenvalue weighted by Gasteiger charge is 2.34.